The Morgan fingerprint density at radius 1 is 0.962 bits per heavy atom. The van der Waals surface area contributed by atoms with E-state index in [1.807, 2.05) is 49.4 Å². The van der Waals surface area contributed by atoms with E-state index in [0.717, 1.165) is 27.9 Å². The molecule has 128 valence electrons. The number of aromatic nitrogens is 3. The Bertz CT molecular complexity index is 1100. The standard InChI is InChI=1S/C20H15ClN4O/c1-12-9-13(16-11-15(26)7-8-17(16)21)10-18-19(12)23-20(25-24-18)22-14-5-3-2-4-6-14/h2-11,26H,1H3,(H,22,23,25). The highest BCUT2D eigenvalue weighted by Crippen LogP contribution is 2.33. The van der Waals surface area contributed by atoms with Gasteiger partial charge >= 0.3 is 0 Å². The Labute approximate surface area is 155 Å². The number of anilines is 2. The van der Waals surface area contributed by atoms with Crippen molar-refractivity contribution in [3.05, 3.63) is 71.2 Å². The van der Waals surface area contributed by atoms with Gasteiger partial charge in [-0.25, -0.2) is 4.98 Å². The number of aromatic hydroxyl groups is 1. The lowest BCUT2D eigenvalue weighted by Crippen LogP contribution is -2.00. The molecular weight excluding hydrogens is 348 g/mol. The van der Waals surface area contributed by atoms with Gasteiger partial charge in [-0.1, -0.05) is 29.8 Å². The van der Waals surface area contributed by atoms with Crippen LogP contribution in [-0.2, 0) is 0 Å². The van der Waals surface area contributed by atoms with Gasteiger partial charge in [0.1, 0.15) is 11.3 Å². The number of nitrogens with one attached hydrogen (secondary N) is 1. The van der Waals surface area contributed by atoms with Gasteiger partial charge in [-0.05, 0) is 60.5 Å². The van der Waals surface area contributed by atoms with Gasteiger partial charge in [-0.3, -0.25) is 0 Å². The molecule has 1 heterocycles. The molecule has 5 nitrogen and oxygen atoms in total. The van der Waals surface area contributed by atoms with E-state index >= 15 is 0 Å². The molecule has 0 bridgehead atoms. The molecule has 0 aliphatic heterocycles. The molecule has 3 aromatic carbocycles. The molecular formula is C20H15ClN4O. The third-order valence-corrected chi connectivity index (χ3v) is 4.37. The molecule has 0 amide bonds. The highest BCUT2D eigenvalue weighted by molar-refractivity contribution is 6.33. The zero-order valence-corrected chi connectivity index (χ0v) is 14.7. The molecule has 4 aromatic rings. The van der Waals surface area contributed by atoms with Crippen LogP contribution in [0.1, 0.15) is 5.56 Å². The number of phenols is 1. The monoisotopic (exact) mass is 362 g/mol. The second-order valence-electron chi connectivity index (χ2n) is 5.95. The van der Waals surface area contributed by atoms with Crippen LogP contribution in [0.3, 0.4) is 0 Å². The van der Waals surface area contributed by atoms with Crippen molar-refractivity contribution in [1.29, 1.82) is 0 Å². The molecule has 0 unspecified atom stereocenters. The van der Waals surface area contributed by atoms with Gasteiger partial charge in [0, 0.05) is 16.3 Å². The number of nitrogens with zero attached hydrogens (tertiary/aromatic N) is 3. The number of fused-ring (bicyclic) bond motifs is 1. The van der Waals surface area contributed by atoms with Crippen LogP contribution in [0.25, 0.3) is 22.2 Å². The molecule has 0 aliphatic carbocycles. The minimum Gasteiger partial charge on any atom is -0.508 e. The number of para-hydroxylation sites is 1. The third kappa shape index (κ3) is 3.17. The van der Waals surface area contributed by atoms with Crippen LogP contribution in [0.4, 0.5) is 11.6 Å². The number of aryl methyl sites for hydroxylation is 1. The summed E-state index contributed by atoms with van der Waals surface area (Å²) in [5.74, 6) is 0.601. The highest BCUT2D eigenvalue weighted by atomic mass is 35.5. The van der Waals surface area contributed by atoms with Crippen LogP contribution in [0.2, 0.25) is 5.02 Å². The maximum Gasteiger partial charge on any atom is 0.247 e. The maximum atomic E-state index is 9.75. The first kappa shape index (κ1) is 16.3. The first-order valence-electron chi connectivity index (χ1n) is 8.06. The molecule has 6 heteroatoms. The smallest absolute Gasteiger partial charge is 0.247 e. The number of benzene rings is 3. The third-order valence-electron chi connectivity index (χ3n) is 4.04. The van der Waals surface area contributed by atoms with E-state index < -0.39 is 0 Å². The predicted octanol–water partition coefficient (Wildman–Crippen LogP) is 5.10. The highest BCUT2D eigenvalue weighted by Gasteiger charge is 2.11. The van der Waals surface area contributed by atoms with E-state index in [1.54, 1.807) is 18.2 Å². The fourth-order valence-corrected chi connectivity index (χ4v) is 3.03. The molecule has 0 saturated carbocycles. The summed E-state index contributed by atoms with van der Waals surface area (Å²) in [6.07, 6.45) is 0. The van der Waals surface area contributed by atoms with Crippen LogP contribution >= 0.6 is 11.6 Å². The second kappa shape index (κ2) is 6.61. The number of rotatable bonds is 3. The van der Waals surface area contributed by atoms with E-state index in [-0.39, 0.29) is 5.75 Å². The number of halogens is 1. The normalized spacial score (nSPS) is 10.8. The molecule has 0 spiro atoms. The SMILES string of the molecule is Cc1cc(-c2cc(O)ccc2Cl)cc2nnc(Nc3ccccc3)nc12. The number of hydrogen-bond acceptors (Lipinski definition) is 5. The van der Waals surface area contributed by atoms with Gasteiger partial charge in [0.2, 0.25) is 5.95 Å². The lowest BCUT2D eigenvalue weighted by Gasteiger charge is -2.10. The molecule has 1 aromatic heterocycles. The number of hydrogen-bond donors (Lipinski definition) is 2. The van der Waals surface area contributed by atoms with Crippen LogP contribution in [0, 0.1) is 6.92 Å². The zero-order valence-electron chi connectivity index (χ0n) is 13.9. The molecule has 0 saturated heterocycles. The molecule has 0 aliphatic rings. The van der Waals surface area contributed by atoms with Crippen molar-refractivity contribution >= 4 is 34.3 Å². The van der Waals surface area contributed by atoms with Crippen molar-refractivity contribution in [3.63, 3.8) is 0 Å². The average molecular weight is 363 g/mol. The van der Waals surface area contributed by atoms with Crippen molar-refractivity contribution in [1.82, 2.24) is 15.2 Å². The van der Waals surface area contributed by atoms with Gasteiger partial charge in [0.05, 0.1) is 5.52 Å². The molecule has 0 radical (unpaired) electrons. The van der Waals surface area contributed by atoms with Crippen molar-refractivity contribution < 1.29 is 5.11 Å². The van der Waals surface area contributed by atoms with E-state index in [9.17, 15) is 5.11 Å². The van der Waals surface area contributed by atoms with Crippen molar-refractivity contribution in [3.8, 4) is 16.9 Å². The Morgan fingerprint density at radius 2 is 1.77 bits per heavy atom. The summed E-state index contributed by atoms with van der Waals surface area (Å²) in [5.41, 5.74) is 4.87. The topological polar surface area (TPSA) is 70.9 Å². The summed E-state index contributed by atoms with van der Waals surface area (Å²) in [4.78, 5) is 4.58. The first-order chi connectivity index (χ1) is 12.6. The van der Waals surface area contributed by atoms with Crippen LogP contribution in [0.5, 0.6) is 5.75 Å². The first-order valence-corrected chi connectivity index (χ1v) is 8.44. The Balaban J connectivity index is 1.77. The van der Waals surface area contributed by atoms with E-state index in [2.05, 4.69) is 20.5 Å². The number of phenolic OH excluding ortho intramolecular Hbond substituents is 1. The average Bonchev–Trinajstić information content (AvgIpc) is 2.65. The summed E-state index contributed by atoms with van der Waals surface area (Å²) in [7, 11) is 0. The molecule has 4 rings (SSSR count). The minimum atomic E-state index is 0.161. The van der Waals surface area contributed by atoms with Gasteiger partial charge < -0.3 is 10.4 Å². The van der Waals surface area contributed by atoms with Gasteiger partial charge in [-0.15, -0.1) is 10.2 Å². The molecule has 0 atom stereocenters. The second-order valence-corrected chi connectivity index (χ2v) is 6.36. The summed E-state index contributed by atoms with van der Waals surface area (Å²) in [6, 6.07) is 18.4. The van der Waals surface area contributed by atoms with Crippen molar-refractivity contribution in [2.45, 2.75) is 6.92 Å². The van der Waals surface area contributed by atoms with E-state index in [4.69, 9.17) is 11.6 Å². The minimum absolute atomic E-state index is 0.161. The van der Waals surface area contributed by atoms with Crippen LogP contribution in [0.15, 0.2) is 60.7 Å². The maximum absolute atomic E-state index is 9.75. The van der Waals surface area contributed by atoms with Crippen LogP contribution < -0.4 is 5.32 Å². The Hall–Kier alpha value is -3.18. The Morgan fingerprint density at radius 3 is 2.58 bits per heavy atom. The molecule has 0 fully saturated rings. The van der Waals surface area contributed by atoms with Crippen molar-refractivity contribution in [2.75, 3.05) is 5.32 Å². The quantitative estimate of drug-likeness (QED) is 0.530. The summed E-state index contributed by atoms with van der Waals surface area (Å²) in [6.45, 7) is 1.96. The fourth-order valence-electron chi connectivity index (χ4n) is 2.81. The summed E-state index contributed by atoms with van der Waals surface area (Å²) < 4.78 is 0. The fraction of sp³-hybridized carbons (Fsp3) is 0.0500. The van der Waals surface area contributed by atoms with Crippen LogP contribution in [-0.4, -0.2) is 20.3 Å². The zero-order chi connectivity index (χ0) is 18.1. The van der Waals surface area contributed by atoms with Gasteiger partial charge in [0.15, 0.2) is 0 Å². The lowest BCUT2D eigenvalue weighted by molar-refractivity contribution is 0.475. The Kier molecular flexibility index (Phi) is 4.14. The summed E-state index contributed by atoms with van der Waals surface area (Å²) >= 11 is 6.28. The van der Waals surface area contributed by atoms with E-state index in [1.165, 1.54) is 0 Å². The van der Waals surface area contributed by atoms with Gasteiger partial charge in [-0.2, -0.15) is 0 Å². The summed E-state index contributed by atoms with van der Waals surface area (Å²) in [5, 5.41) is 21.9. The molecule has 26 heavy (non-hydrogen) atoms. The predicted molar refractivity (Wildman–Crippen MR) is 104 cm³/mol. The largest absolute Gasteiger partial charge is 0.508 e. The van der Waals surface area contributed by atoms with Gasteiger partial charge in [0.25, 0.3) is 0 Å². The van der Waals surface area contributed by atoms with Crippen molar-refractivity contribution in [2.24, 2.45) is 0 Å². The van der Waals surface area contributed by atoms with E-state index in [0.29, 0.717) is 16.5 Å². The molecule has 2 N–H and O–H groups in total. The lowest BCUT2D eigenvalue weighted by atomic mass is 10.0.